The molecule has 1 aliphatic rings. The van der Waals surface area contributed by atoms with Crippen molar-refractivity contribution < 1.29 is 0 Å². The van der Waals surface area contributed by atoms with Gasteiger partial charge in [0.1, 0.15) is 6.33 Å². The number of rotatable bonds is 2. The number of nitrogens with one attached hydrogen (secondary N) is 1. The Bertz CT molecular complexity index is 522. The van der Waals surface area contributed by atoms with Gasteiger partial charge in [-0.3, -0.25) is 0 Å². The summed E-state index contributed by atoms with van der Waals surface area (Å²) in [6.07, 6.45) is 7.49. The lowest BCUT2D eigenvalue weighted by atomic mass is 10.1. The van der Waals surface area contributed by atoms with Crippen molar-refractivity contribution in [3.8, 4) is 0 Å². The van der Waals surface area contributed by atoms with E-state index in [1.165, 1.54) is 16.7 Å². The molecule has 0 saturated heterocycles. The van der Waals surface area contributed by atoms with Crippen molar-refractivity contribution in [3.05, 3.63) is 53.6 Å². The third-order valence-corrected chi connectivity index (χ3v) is 3.28. The number of hydrogen-bond acceptors (Lipinski definition) is 3. The molecule has 1 unspecified atom stereocenters. The van der Waals surface area contributed by atoms with Crippen LogP contribution in [0.5, 0.6) is 0 Å². The molecule has 3 rings (SSSR count). The smallest absolute Gasteiger partial charge is 0.115 e. The molecule has 0 amide bonds. The SMILES string of the molecule is Cc1ccc2c(c1)C(Nc1cncnc1)CC2. The van der Waals surface area contributed by atoms with Gasteiger partial charge in [-0.15, -0.1) is 0 Å². The number of anilines is 1. The highest BCUT2D eigenvalue weighted by molar-refractivity contribution is 5.46. The maximum atomic E-state index is 4.03. The second-order valence-corrected chi connectivity index (χ2v) is 4.57. The number of hydrogen-bond donors (Lipinski definition) is 1. The van der Waals surface area contributed by atoms with E-state index in [1.54, 1.807) is 6.33 Å². The lowest BCUT2D eigenvalue weighted by Crippen LogP contribution is -2.07. The molecular weight excluding hydrogens is 210 g/mol. The highest BCUT2D eigenvalue weighted by Gasteiger charge is 2.22. The Labute approximate surface area is 101 Å². The minimum absolute atomic E-state index is 0.399. The van der Waals surface area contributed by atoms with Crippen LogP contribution in [0.2, 0.25) is 0 Å². The van der Waals surface area contributed by atoms with Crippen LogP contribution in [0.4, 0.5) is 5.69 Å². The molecular formula is C14H15N3. The quantitative estimate of drug-likeness (QED) is 0.854. The van der Waals surface area contributed by atoms with Gasteiger partial charge in [-0.2, -0.15) is 0 Å². The lowest BCUT2D eigenvalue weighted by Gasteiger charge is -2.15. The van der Waals surface area contributed by atoms with Crippen molar-refractivity contribution in [2.24, 2.45) is 0 Å². The zero-order valence-corrected chi connectivity index (χ0v) is 9.85. The van der Waals surface area contributed by atoms with Crippen LogP contribution in [-0.2, 0) is 6.42 Å². The van der Waals surface area contributed by atoms with Gasteiger partial charge in [0.05, 0.1) is 24.1 Å². The monoisotopic (exact) mass is 225 g/mol. The number of aryl methyl sites for hydroxylation is 2. The van der Waals surface area contributed by atoms with Gasteiger partial charge in [-0.25, -0.2) is 9.97 Å². The van der Waals surface area contributed by atoms with Gasteiger partial charge in [0.2, 0.25) is 0 Å². The standard InChI is InChI=1S/C14H15N3/c1-10-2-3-11-4-5-14(13(11)6-10)17-12-7-15-9-16-8-12/h2-3,6-9,14,17H,4-5H2,1H3. The second kappa shape index (κ2) is 4.17. The average Bonchev–Trinajstić information content (AvgIpc) is 2.73. The number of benzene rings is 1. The fourth-order valence-corrected chi connectivity index (χ4v) is 2.45. The van der Waals surface area contributed by atoms with Gasteiger partial charge in [0.15, 0.2) is 0 Å². The van der Waals surface area contributed by atoms with Crippen molar-refractivity contribution in [1.29, 1.82) is 0 Å². The number of nitrogens with zero attached hydrogens (tertiary/aromatic N) is 2. The van der Waals surface area contributed by atoms with Crippen molar-refractivity contribution in [3.63, 3.8) is 0 Å². The Hall–Kier alpha value is -1.90. The molecule has 17 heavy (non-hydrogen) atoms. The summed E-state index contributed by atoms with van der Waals surface area (Å²) >= 11 is 0. The third-order valence-electron chi connectivity index (χ3n) is 3.28. The highest BCUT2D eigenvalue weighted by atomic mass is 15.0. The first-order valence-corrected chi connectivity index (χ1v) is 5.94. The van der Waals surface area contributed by atoms with Gasteiger partial charge < -0.3 is 5.32 Å². The summed E-state index contributed by atoms with van der Waals surface area (Å²) in [6, 6.07) is 7.11. The van der Waals surface area contributed by atoms with Crippen LogP contribution in [0.3, 0.4) is 0 Å². The average molecular weight is 225 g/mol. The molecule has 0 bridgehead atoms. The lowest BCUT2D eigenvalue weighted by molar-refractivity contribution is 0.760. The Morgan fingerprint density at radius 2 is 2.06 bits per heavy atom. The highest BCUT2D eigenvalue weighted by Crippen LogP contribution is 2.34. The summed E-state index contributed by atoms with van der Waals surface area (Å²) in [7, 11) is 0. The summed E-state index contributed by atoms with van der Waals surface area (Å²) in [4.78, 5) is 8.05. The van der Waals surface area contributed by atoms with E-state index in [0.29, 0.717) is 6.04 Å². The summed E-state index contributed by atoms with van der Waals surface area (Å²) in [5.74, 6) is 0. The van der Waals surface area contributed by atoms with Crippen molar-refractivity contribution in [1.82, 2.24) is 9.97 Å². The van der Waals surface area contributed by atoms with Crippen molar-refractivity contribution >= 4 is 5.69 Å². The predicted octanol–water partition coefficient (Wildman–Crippen LogP) is 2.88. The van der Waals surface area contributed by atoms with E-state index in [9.17, 15) is 0 Å². The summed E-state index contributed by atoms with van der Waals surface area (Å²) < 4.78 is 0. The molecule has 1 aromatic heterocycles. The Kier molecular flexibility index (Phi) is 2.52. The van der Waals surface area contributed by atoms with Crippen LogP contribution in [0.25, 0.3) is 0 Å². The molecule has 1 N–H and O–H groups in total. The molecule has 1 aromatic carbocycles. The Morgan fingerprint density at radius 1 is 1.24 bits per heavy atom. The first-order valence-electron chi connectivity index (χ1n) is 5.94. The Morgan fingerprint density at radius 3 is 2.88 bits per heavy atom. The molecule has 0 saturated carbocycles. The Balaban J connectivity index is 1.86. The molecule has 0 spiro atoms. The minimum atomic E-state index is 0.399. The number of fused-ring (bicyclic) bond motifs is 1. The maximum absolute atomic E-state index is 4.03. The van der Waals surface area contributed by atoms with Crippen LogP contribution in [0, 0.1) is 6.92 Å². The molecule has 1 aliphatic carbocycles. The summed E-state index contributed by atoms with van der Waals surface area (Å²) in [5.41, 5.74) is 5.20. The van der Waals surface area contributed by atoms with Gasteiger partial charge in [0, 0.05) is 0 Å². The maximum Gasteiger partial charge on any atom is 0.115 e. The van der Waals surface area contributed by atoms with Crippen LogP contribution >= 0.6 is 0 Å². The fraction of sp³-hybridized carbons (Fsp3) is 0.286. The molecule has 86 valence electrons. The first-order chi connectivity index (χ1) is 8.33. The predicted molar refractivity (Wildman–Crippen MR) is 67.9 cm³/mol. The summed E-state index contributed by atoms with van der Waals surface area (Å²) in [5, 5.41) is 3.50. The van der Waals surface area contributed by atoms with Gasteiger partial charge in [-0.05, 0) is 30.9 Å². The van der Waals surface area contributed by atoms with E-state index >= 15 is 0 Å². The van der Waals surface area contributed by atoms with Crippen LogP contribution in [0.1, 0.15) is 29.2 Å². The van der Waals surface area contributed by atoms with E-state index in [-0.39, 0.29) is 0 Å². The zero-order valence-electron chi connectivity index (χ0n) is 9.85. The third kappa shape index (κ3) is 2.00. The topological polar surface area (TPSA) is 37.8 Å². The van der Waals surface area contributed by atoms with E-state index in [0.717, 1.165) is 18.5 Å². The zero-order chi connectivity index (χ0) is 11.7. The largest absolute Gasteiger partial charge is 0.376 e. The van der Waals surface area contributed by atoms with E-state index in [1.807, 2.05) is 12.4 Å². The summed E-state index contributed by atoms with van der Waals surface area (Å²) in [6.45, 7) is 2.14. The van der Waals surface area contributed by atoms with Gasteiger partial charge in [0.25, 0.3) is 0 Å². The molecule has 1 atom stereocenters. The van der Waals surface area contributed by atoms with Crippen LogP contribution < -0.4 is 5.32 Å². The molecule has 0 aliphatic heterocycles. The van der Waals surface area contributed by atoms with Crippen molar-refractivity contribution in [2.75, 3.05) is 5.32 Å². The minimum Gasteiger partial charge on any atom is -0.376 e. The van der Waals surface area contributed by atoms with E-state index in [4.69, 9.17) is 0 Å². The molecule has 2 aromatic rings. The van der Waals surface area contributed by atoms with Gasteiger partial charge in [-0.1, -0.05) is 23.8 Å². The fourth-order valence-electron chi connectivity index (χ4n) is 2.45. The molecule has 0 radical (unpaired) electrons. The van der Waals surface area contributed by atoms with Crippen LogP contribution in [0.15, 0.2) is 36.9 Å². The number of aromatic nitrogens is 2. The normalized spacial score (nSPS) is 17.8. The molecule has 3 nitrogen and oxygen atoms in total. The molecule has 0 fully saturated rings. The van der Waals surface area contributed by atoms with Crippen LogP contribution in [-0.4, -0.2) is 9.97 Å². The second-order valence-electron chi connectivity index (χ2n) is 4.57. The van der Waals surface area contributed by atoms with E-state index < -0.39 is 0 Å². The van der Waals surface area contributed by atoms with E-state index in [2.05, 4.69) is 40.4 Å². The molecule has 1 heterocycles. The van der Waals surface area contributed by atoms with Gasteiger partial charge >= 0.3 is 0 Å². The first kappa shape index (κ1) is 10.3. The molecule has 3 heteroatoms. The van der Waals surface area contributed by atoms with Crippen molar-refractivity contribution in [2.45, 2.75) is 25.8 Å².